The van der Waals surface area contributed by atoms with Crippen LogP contribution in [0, 0.1) is 0 Å². The SMILES string of the molecule is CCOP(=O)(O)c1cccc(-c2cccc(CN(Cc3cccc(-c4cccc([P+](C)=O)n4)n3)C(CCC=O)C(=O)O)n2)n1. The van der Waals surface area contributed by atoms with Crippen LogP contribution in [0.3, 0.4) is 0 Å². The first-order chi connectivity index (χ1) is 21.1. The highest BCUT2D eigenvalue weighted by Crippen LogP contribution is 2.39. The Bertz CT molecular complexity index is 1700. The summed E-state index contributed by atoms with van der Waals surface area (Å²) in [7, 11) is -5.74. The Labute approximate surface area is 255 Å². The molecular formula is C30H32N5O7P2+. The molecule has 4 aromatic heterocycles. The van der Waals surface area contributed by atoms with Gasteiger partial charge in [-0.3, -0.25) is 14.3 Å². The monoisotopic (exact) mass is 636 g/mol. The van der Waals surface area contributed by atoms with Gasteiger partial charge in [-0.2, -0.15) is 0 Å². The zero-order valence-corrected chi connectivity index (χ0v) is 26.0. The summed E-state index contributed by atoms with van der Waals surface area (Å²) in [6.07, 6.45) is 0.820. The van der Waals surface area contributed by atoms with Gasteiger partial charge in [0, 0.05) is 25.6 Å². The van der Waals surface area contributed by atoms with E-state index in [2.05, 4.69) is 15.0 Å². The van der Waals surface area contributed by atoms with Crippen molar-refractivity contribution in [1.82, 2.24) is 24.8 Å². The first-order valence-corrected chi connectivity index (χ1v) is 17.1. The van der Waals surface area contributed by atoms with Gasteiger partial charge in [0.25, 0.3) is 5.44 Å². The third-order valence-corrected chi connectivity index (χ3v) is 8.87. The van der Waals surface area contributed by atoms with E-state index in [0.29, 0.717) is 45.9 Å². The number of aliphatic carboxylic acids is 1. The summed E-state index contributed by atoms with van der Waals surface area (Å²) >= 11 is 0. The number of aldehydes is 1. The lowest BCUT2D eigenvalue weighted by molar-refractivity contribution is -0.144. The van der Waals surface area contributed by atoms with Crippen LogP contribution in [0.5, 0.6) is 0 Å². The molecule has 0 aliphatic rings. The molecule has 4 aromatic rings. The molecular weight excluding hydrogens is 604 g/mol. The van der Waals surface area contributed by atoms with Crippen LogP contribution in [-0.4, -0.2) is 66.4 Å². The van der Waals surface area contributed by atoms with Crippen LogP contribution < -0.4 is 10.9 Å². The molecule has 0 fully saturated rings. The second-order valence-corrected chi connectivity index (χ2v) is 12.9. The lowest BCUT2D eigenvalue weighted by Gasteiger charge is -2.28. The minimum Gasteiger partial charge on any atom is -0.480 e. The molecule has 3 atom stereocenters. The fraction of sp³-hybridized carbons (Fsp3) is 0.267. The lowest BCUT2D eigenvalue weighted by atomic mass is 10.1. The molecule has 0 aromatic carbocycles. The molecule has 12 nitrogen and oxygen atoms in total. The van der Waals surface area contributed by atoms with Crippen molar-refractivity contribution in [3.05, 3.63) is 84.2 Å². The molecule has 0 radical (unpaired) electrons. The molecule has 0 saturated heterocycles. The number of aromatic nitrogens is 4. The van der Waals surface area contributed by atoms with E-state index in [9.17, 15) is 28.7 Å². The quantitative estimate of drug-likeness (QED) is 0.142. The first kappa shape index (κ1) is 32.9. The normalized spacial score (nSPS) is 13.7. The zero-order chi connectivity index (χ0) is 31.7. The molecule has 0 saturated carbocycles. The van der Waals surface area contributed by atoms with E-state index >= 15 is 0 Å². The third-order valence-electron chi connectivity index (χ3n) is 6.54. The van der Waals surface area contributed by atoms with Crippen LogP contribution in [0.2, 0.25) is 0 Å². The number of carboxylic acid groups (broad SMARTS) is 1. The van der Waals surface area contributed by atoms with Crippen molar-refractivity contribution < 1.29 is 33.2 Å². The number of hydrogen-bond acceptors (Lipinski definition) is 10. The molecule has 4 heterocycles. The molecule has 14 heteroatoms. The molecule has 0 aliphatic carbocycles. The summed E-state index contributed by atoms with van der Waals surface area (Å²) < 4.78 is 29.5. The Balaban J connectivity index is 1.66. The van der Waals surface area contributed by atoms with Crippen molar-refractivity contribution in [3.8, 4) is 22.8 Å². The molecule has 0 bridgehead atoms. The Morgan fingerprint density at radius 1 is 0.909 bits per heavy atom. The highest BCUT2D eigenvalue weighted by molar-refractivity contribution is 7.61. The Morgan fingerprint density at radius 3 is 1.95 bits per heavy atom. The molecule has 0 amide bonds. The molecule has 228 valence electrons. The van der Waals surface area contributed by atoms with E-state index in [-0.39, 0.29) is 38.0 Å². The van der Waals surface area contributed by atoms with Gasteiger partial charge in [-0.05, 0) is 55.8 Å². The van der Waals surface area contributed by atoms with Crippen molar-refractivity contribution in [2.45, 2.75) is 38.9 Å². The van der Waals surface area contributed by atoms with E-state index in [0.717, 1.165) is 0 Å². The fourth-order valence-corrected chi connectivity index (χ4v) is 6.04. The number of carboxylic acids is 1. The Kier molecular flexibility index (Phi) is 11.3. The Hall–Kier alpha value is -4.05. The average Bonchev–Trinajstić information content (AvgIpc) is 3.01. The van der Waals surface area contributed by atoms with Gasteiger partial charge in [-0.15, -0.1) is 0 Å². The summed E-state index contributed by atoms with van der Waals surface area (Å²) in [5.74, 6) is -1.09. The third kappa shape index (κ3) is 8.53. The number of rotatable bonds is 15. The van der Waals surface area contributed by atoms with Gasteiger partial charge in [0.1, 0.15) is 19.0 Å². The number of carbonyl (C=O) groups is 2. The summed E-state index contributed by atoms with van der Waals surface area (Å²) in [5, 5.41) is 10.1. The van der Waals surface area contributed by atoms with Crippen molar-refractivity contribution in [2.75, 3.05) is 13.3 Å². The van der Waals surface area contributed by atoms with Gasteiger partial charge in [0.05, 0.1) is 40.8 Å². The maximum absolute atomic E-state index is 12.5. The molecule has 4 rings (SSSR count). The molecule has 2 N–H and O–H groups in total. The second-order valence-electron chi connectivity index (χ2n) is 9.73. The average molecular weight is 637 g/mol. The molecule has 0 aliphatic heterocycles. The van der Waals surface area contributed by atoms with Gasteiger partial charge in [0.2, 0.25) is 0 Å². The van der Waals surface area contributed by atoms with Gasteiger partial charge in [-0.1, -0.05) is 28.8 Å². The standard InChI is InChI=1S/C30H31N5O7P2/c1-3-42-44(40,41)29-17-7-14-26(34-29)24-12-5-10-22(32-24)20-35(27(30(37)38)15-8-18-36)19-21-9-4-11-23(31-21)25-13-6-16-28(33-25)43(2)39/h4-7,9-14,16-18,27H,3,8,15,19-20H2,1-2H3,(H-,37,38,40,41)/p+1. The smallest absolute Gasteiger partial charge is 0.393 e. The van der Waals surface area contributed by atoms with E-state index < -0.39 is 27.4 Å². The van der Waals surface area contributed by atoms with Crippen LogP contribution in [0.15, 0.2) is 72.8 Å². The van der Waals surface area contributed by atoms with Gasteiger partial charge < -0.3 is 19.3 Å². The summed E-state index contributed by atoms with van der Waals surface area (Å²) in [5.41, 5.74) is 3.27. The summed E-state index contributed by atoms with van der Waals surface area (Å²) in [4.78, 5) is 53.6. The maximum atomic E-state index is 12.5. The fourth-order valence-electron chi connectivity index (χ4n) is 4.51. The number of carbonyl (C=O) groups excluding carboxylic acids is 1. The highest BCUT2D eigenvalue weighted by Gasteiger charge is 2.27. The van der Waals surface area contributed by atoms with Gasteiger partial charge in [-0.25, -0.2) is 19.9 Å². The topological polar surface area (TPSA) is 173 Å². The minimum atomic E-state index is -4.10. The van der Waals surface area contributed by atoms with Crippen LogP contribution in [0.25, 0.3) is 22.8 Å². The van der Waals surface area contributed by atoms with Gasteiger partial charge >= 0.3 is 21.4 Å². The van der Waals surface area contributed by atoms with Crippen molar-refractivity contribution in [1.29, 1.82) is 0 Å². The predicted octanol–water partition coefficient (Wildman–Crippen LogP) is 3.96. The predicted molar refractivity (Wildman–Crippen MR) is 165 cm³/mol. The maximum Gasteiger partial charge on any atom is 0.393 e. The lowest BCUT2D eigenvalue weighted by Crippen LogP contribution is -2.40. The van der Waals surface area contributed by atoms with Crippen molar-refractivity contribution in [2.24, 2.45) is 0 Å². The minimum absolute atomic E-state index is 0.0405. The van der Waals surface area contributed by atoms with E-state index in [1.807, 2.05) is 0 Å². The second kappa shape index (κ2) is 15.1. The van der Waals surface area contributed by atoms with Crippen molar-refractivity contribution >= 4 is 38.5 Å². The Morgan fingerprint density at radius 2 is 1.43 bits per heavy atom. The zero-order valence-electron chi connectivity index (χ0n) is 24.2. The summed E-state index contributed by atoms with van der Waals surface area (Å²) in [6, 6.07) is 19.3. The van der Waals surface area contributed by atoms with E-state index in [1.165, 1.54) is 6.07 Å². The first-order valence-electron chi connectivity index (χ1n) is 13.8. The van der Waals surface area contributed by atoms with Gasteiger partial charge in [0.15, 0.2) is 5.44 Å². The molecule has 44 heavy (non-hydrogen) atoms. The number of hydrogen-bond donors (Lipinski definition) is 2. The van der Waals surface area contributed by atoms with E-state index in [1.54, 1.807) is 85.2 Å². The number of nitrogens with zero attached hydrogens (tertiary/aromatic N) is 5. The summed E-state index contributed by atoms with van der Waals surface area (Å²) in [6.45, 7) is 3.44. The highest BCUT2D eigenvalue weighted by atomic mass is 31.2. The van der Waals surface area contributed by atoms with Crippen LogP contribution >= 0.6 is 15.4 Å². The molecule has 0 spiro atoms. The largest absolute Gasteiger partial charge is 0.480 e. The van der Waals surface area contributed by atoms with Crippen LogP contribution in [-0.2, 0) is 36.3 Å². The van der Waals surface area contributed by atoms with Crippen LogP contribution in [0.1, 0.15) is 31.2 Å². The van der Waals surface area contributed by atoms with E-state index in [4.69, 9.17) is 9.51 Å². The van der Waals surface area contributed by atoms with Crippen LogP contribution in [0.4, 0.5) is 0 Å². The van der Waals surface area contributed by atoms with Crippen molar-refractivity contribution in [3.63, 3.8) is 0 Å². The number of pyridine rings is 4. The molecule has 3 unspecified atom stereocenters.